The number of nitrogens with one attached hydrogen (secondary N) is 1. The number of nitrogens with zero attached hydrogens (tertiary/aromatic N) is 2. The maximum absolute atomic E-state index is 14.5. The number of aromatic amines is 1. The fourth-order valence-electron chi connectivity index (χ4n) is 4.26. The van der Waals surface area contributed by atoms with E-state index in [0.717, 1.165) is 10.9 Å². The van der Waals surface area contributed by atoms with E-state index >= 15 is 0 Å². The third-order valence-corrected chi connectivity index (χ3v) is 5.96. The first-order valence-corrected chi connectivity index (χ1v) is 10.4. The number of methoxy groups -OCH3 is 1. The largest absolute Gasteiger partial charge is 0.497 e. The van der Waals surface area contributed by atoms with E-state index in [-0.39, 0.29) is 23.6 Å². The summed E-state index contributed by atoms with van der Waals surface area (Å²) in [5.74, 6) is -0.802. The van der Waals surface area contributed by atoms with Crippen molar-refractivity contribution in [2.24, 2.45) is 0 Å². The van der Waals surface area contributed by atoms with E-state index in [0.29, 0.717) is 29.4 Å². The van der Waals surface area contributed by atoms with Crippen molar-refractivity contribution in [3.05, 3.63) is 64.6 Å². The van der Waals surface area contributed by atoms with Crippen LogP contribution in [0.25, 0.3) is 10.9 Å². The van der Waals surface area contributed by atoms with Gasteiger partial charge in [0.15, 0.2) is 0 Å². The fraction of sp³-hybridized carbons (Fsp3) is 0.304. The summed E-state index contributed by atoms with van der Waals surface area (Å²) < 4.78 is 19.5. The van der Waals surface area contributed by atoms with Gasteiger partial charge in [0.05, 0.1) is 18.2 Å². The van der Waals surface area contributed by atoms with Gasteiger partial charge in [0, 0.05) is 53.4 Å². The van der Waals surface area contributed by atoms with Crippen LogP contribution in [0.5, 0.6) is 5.75 Å². The van der Waals surface area contributed by atoms with Gasteiger partial charge in [-0.15, -0.1) is 0 Å². The highest BCUT2D eigenvalue weighted by molar-refractivity contribution is 6.31. The average molecular weight is 444 g/mol. The second-order valence-electron chi connectivity index (χ2n) is 7.86. The first-order valence-electron chi connectivity index (χ1n) is 10.0. The van der Waals surface area contributed by atoms with E-state index in [4.69, 9.17) is 16.3 Å². The molecular weight excluding hydrogens is 421 g/mol. The third kappa shape index (κ3) is 3.85. The standard InChI is InChI=1S/C23H23ClFN3O3/c1-13-11-27(22(29)19-10-26-21-7-4-15(24)8-18(19)21)12-14(2)28(13)23(30)17-6-5-16(31-3)9-20(17)25/h4-10,13-14,26H,11-12H2,1-3H3/t13-,14-/m1/s1. The van der Waals surface area contributed by atoms with Crippen molar-refractivity contribution in [2.75, 3.05) is 20.2 Å². The molecule has 2 atom stereocenters. The zero-order valence-corrected chi connectivity index (χ0v) is 18.2. The van der Waals surface area contributed by atoms with Crippen molar-refractivity contribution in [3.63, 3.8) is 0 Å². The van der Waals surface area contributed by atoms with Gasteiger partial charge >= 0.3 is 0 Å². The van der Waals surface area contributed by atoms with Gasteiger partial charge in [-0.2, -0.15) is 0 Å². The summed E-state index contributed by atoms with van der Waals surface area (Å²) >= 11 is 6.11. The van der Waals surface area contributed by atoms with Gasteiger partial charge in [-0.1, -0.05) is 11.6 Å². The van der Waals surface area contributed by atoms with E-state index < -0.39 is 11.7 Å². The summed E-state index contributed by atoms with van der Waals surface area (Å²) in [6.07, 6.45) is 1.68. The van der Waals surface area contributed by atoms with Gasteiger partial charge in [-0.3, -0.25) is 9.59 Å². The average Bonchev–Trinajstić information content (AvgIpc) is 3.15. The van der Waals surface area contributed by atoms with Crippen molar-refractivity contribution in [1.82, 2.24) is 14.8 Å². The number of piperazine rings is 1. The van der Waals surface area contributed by atoms with Crippen LogP contribution in [-0.2, 0) is 0 Å². The van der Waals surface area contributed by atoms with Gasteiger partial charge in [0.2, 0.25) is 0 Å². The van der Waals surface area contributed by atoms with Gasteiger partial charge in [-0.05, 0) is 44.2 Å². The number of aromatic nitrogens is 1. The minimum atomic E-state index is -0.627. The summed E-state index contributed by atoms with van der Waals surface area (Å²) in [5.41, 5.74) is 1.36. The minimum Gasteiger partial charge on any atom is -0.497 e. The summed E-state index contributed by atoms with van der Waals surface area (Å²) in [7, 11) is 1.44. The lowest BCUT2D eigenvalue weighted by molar-refractivity contribution is 0.0252. The van der Waals surface area contributed by atoms with Crippen LogP contribution >= 0.6 is 11.6 Å². The van der Waals surface area contributed by atoms with E-state index in [1.165, 1.54) is 19.2 Å². The molecule has 0 spiro atoms. The number of benzene rings is 2. The number of carbonyl (C=O) groups is 2. The maximum Gasteiger partial charge on any atom is 0.257 e. The monoisotopic (exact) mass is 443 g/mol. The third-order valence-electron chi connectivity index (χ3n) is 5.72. The quantitative estimate of drug-likeness (QED) is 0.654. The van der Waals surface area contributed by atoms with Crippen LogP contribution in [-0.4, -0.2) is 58.9 Å². The first kappa shape index (κ1) is 21.2. The molecule has 1 saturated heterocycles. The van der Waals surface area contributed by atoms with Crippen molar-refractivity contribution < 1.29 is 18.7 Å². The van der Waals surface area contributed by atoms with E-state index in [1.807, 2.05) is 19.9 Å². The number of fused-ring (bicyclic) bond motifs is 1. The molecule has 8 heteroatoms. The Morgan fingerprint density at radius 2 is 1.77 bits per heavy atom. The second kappa shape index (κ2) is 8.23. The molecular formula is C23H23ClFN3O3. The van der Waals surface area contributed by atoms with Crippen LogP contribution in [0.3, 0.4) is 0 Å². The van der Waals surface area contributed by atoms with Gasteiger partial charge in [-0.25, -0.2) is 4.39 Å². The molecule has 1 fully saturated rings. The zero-order valence-electron chi connectivity index (χ0n) is 17.5. The number of rotatable bonds is 3. The molecule has 1 aromatic heterocycles. The Hall–Kier alpha value is -3.06. The molecule has 2 heterocycles. The van der Waals surface area contributed by atoms with E-state index in [1.54, 1.807) is 34.2 Å². The highest BCUT2D eigenvalue weighted by Gasteiger charge is 2.36. The number of hydrogen-bond donors (Lipinski definition) is 1. The smallest absolute Gasteiger partial charge is 0.257 e. The Balaban J connectivity index is 1.55. The molecule has 1 aliphatic rings. The van der Waals surface area contributed by atoms with Crippen molar-refractivity contribution in [3.8, 4) is 5.75 Å². The van der Waals surface area contributed by atoms with Crippen LogP contribution in [0.15, 0.2) is 42.6 Å². The molecule has 0 unspecified atom stereocenters. The predicted octanol–water partition coefficient (Wildman–Crippen LogP) is 4.34. The van der Waals surface area contributed by atoms with Crippen molar-refractivity contribution in [1.29, 1.82) is 0 Å². The maximum atomic E-state index is 14.5. The molecule has 162 valence electrons. The molecule has 31 heavy (non-hydrogen) atoms. The summed E-state index contributed by atoms with van der Waals surface area (Å²) in [6.45, 7) is 4.42. The molecule has 0 bridgehead atoms. The number of carbonyl (C=O) groups excluding carboxylic acids is 2. The summed E-state index contributed by atoms with van der Waals surface area (Å²) in [5, 5.41) is 1.32. The Morgan fingerprint density at radius 1 is 1.06 bits per heavy atom. The molecule has 0 aliphatic carbocycles. The normalized spacial score (nSPS) is 19.0. The Morgan fingerprint density at radius 3 is 2.42 bits per heavy atom. The molecule has 1 N–H and O–H groups in total. The molecule has 2 amide bonds. The highest BCUT2D eigenvalue weighted by atomic mass is 35.5. The second-order valence-corrected chi connectivity index (χ2v) is 8.30. The van der Waals surface area contributed by atoms with E-state index in [2.05, 4.69) is 4.98 Å². The molecule has 0 radical (unpaired) electrons. The highest BCUT2D eigenvalue weighted by Crippen LogP contribution is 2.27. The number of amides is 2. The molecule has 0 saturated carbocycles. The number of halogens is 2. The molecule has 6 nitrogen and oxygen atoms in total. The van der Waals surface area contributed by atoms with Crippen LogP contribution in [0.4, 0.5) is 4.39 Å². The van der Waals surface area contributed by atoms with E-state index in [9.17, 15) is 14.0 Å². The Labute approximate surface area is 184 Å². The SMILES string of the molecule is COc1ccc(C(=O)N2[C@H](C)CN(C(=O)c3c[nH]c4ccc(Cl)cc34)C[C@H]2C)c(F)c1. The predicted molar refractivity (Wildman–Crippen MR) is 117 cm³/mol. The number of ether oxygens (including phenoxy) is 1. The van der Waals surface area contributed by atoms with Crippen molar-refractivity contribution >= 4 is 34.3 Å². The lowest BCUT2D eigenvalue weighted by Gasteiger charge is -2.44. The topological polar surface area (TPSA) is 65.6 Å². The van der Waals surface area contributed by atoms with Crippen LogP contribution in [0, 0.1) is 5.82 Å². The van der Waals surface area contributed by atoms with Crippen LogP contribution < -0.4 is 4.74 Å². The number of hydrogen-bond acceptors (Lipinski definition) is 3. The van der Waals surface area contributed by atoms with Crippen LogP contribution in [0.2, 0.25) is 5.02 Å². The van der Waals surface area contributed by atoms with Gasteiger partial charge < -0.3 is 19.5 Å². The molecule has 3 aromatic rings. The van der Waals surface area contributed by atoms with Crippen molar-refractivity contribution in [2.45, 2.75) is 25.9 Å². The Bertz CT molecular complexity index is 1150. The molecule has 1 aliphatic heterocycles. The zero-order chi connectivity index (χ0) is 22.3. The number of H-pyrrole nitrogens is 1. The summed E-state index contributed by atoms with van der Waals surface area (Å²) in [6, 6.07) is 8.99. The summed E-state index contributed by atoms with van der Waals surface area (Å²) in [4.78, 5) is 32.8. The van der Waals surface area contributed by atoms with Gasteiger partial charge in [0.1, 0.15) is 11.6 Å². The van der Waals surface area contributed by atoms with Crippen LogP contribution in [0.1, 0.15) is 34.6 Å². The lowest BCUT2D eigenvalue weighted by Crippen LogP contribution is -2.59. The fourth-order valence-corrected chi connectivity index (χ4v) is 4.44. The lowest BCUT2D eigenvalue weighted by atomic mass is 10.0. The molecule has 4 rings (SSSR count). The first-order chi connectivity index (χ1) is 14.8. The Kier molecular flexibility index (Phi) is 5.62. The van der Waals surface area contributed by atoms with Gasteiger partial charge in [0.25, 0.3) is 11.8 Å². The minimum absolute atomic E-state index is 0.00875. The molecule has 2 aromatic carbocycles.